The molecule has 0 unspecified atom stereocenters. The van der Waals surface area contributed by atoms with Crippen molar-refractivity contribution in [2.24, 2.45) is 23.7 Å². The molecule has 0 radical (unpaired) electrons. The summed E-state index contributed by atoms with van der Waals surface area (Å²) in [6.45, 7) is 10.7. The molecule has 1 saturated heterocycles. The van der Waals surface area contributed by atoms with Gasteiger partial charge in [-0.1, -0.05) is 0 Å². The summed E-state index contributed by atoms with van der Waals surface area (Å²) in [6.07, 6.45) is 7.60. The molecule has 1 aliphatic carbocycles. The first-order valence-corrected chi connectivity index (χ1v) is 10.5. The van der Waals surface area contributed by atoms with E-state index in [-0.39, 0.29) is 0 Å². The molecular formula is C17H32OSe. The zero-order valence-corrected chi connectivity index (χ0v) is 14.9. The van der Waals surface area contributed by atoms with Gasteiger partial charge in [-0.3, -0.25) is 0 Å². The topological polar surface area (TPSA) is 9.23 Å². The third-order valence-corrected chi connectivity index (χ3v) is 8.57. The molecule has 2 heteroatoms. The van der Waals surface area contributed by atoms with Crippen molar-refractivity contribution >= 4 is 15.0 Å². The summed E-state index contributed by atoms with van der Waals surface area (Å²) in [6, 6.07) is 0. The van der Waals surface area contributed by atoms with Crippen molar-refractivity contribution in [1.29, 1.82) is 0 Å². The van der Waals surface area contributed by atoms with E-state index in [1.165, 1.54) is 37.4 Å². The van der Waals surface area contributed by atoms with Gasteiger partial charge >= 0.3 is 126 Å². The van der Waals surface area contributed by atoms with Gasteiger partial charge in [0.25, 0.3) is 0 Å². The molecule has 1 aliphatic heterocycles. The molecule has 0 amide bonds. The van der Waals surface area contributed by atoms with Gasteiger partial charge in [-0.2, -0.15) is 0 Å². The second kappa shape index (κ2) is 7.48. The zero-order valence-electron chi connectivity index (χ0n) is 13.2. The van der Waals surface area contributed by atoms with Crippen molar-refractivity contribution in [2.75, 3.05) is 6.61 Å². The van der Waals surface area contributed by atoms with Crippen molar-refractivity contribution in [3.8, 4) is 0 Å². The third-order valence-electron chi connectivity index (χ3n) is 5.23. The maximum atomic E-state index is 5.86. The van der Waals surface area contributed by atoms with Gasteiger partial charge in [-0.05, 0) is 0 Å². The summed E-state index contributed by atoms with van der Waals surface area (Å²) < 4.78 is 5.86. The van der Waals surface area contributed by atoms with Crippen molar-refractivity contribution in [3.63, 3.8) is 0 Å². The van der Waals surface area contributed by atoms with Gasteiger partial charge in [0.1, 0.15) is 0 Å². The molecule has 1 heterocycles. The Labute approximate surface area is 126 Å². The Kier molecular flexibility index (Phi) is 6.24. The van der Waals surface area contributed by atoms with Crippen molar-refractivity contribution < 1.29 is 4.74 Å². The van der Waals surface area contributed by atoms with E-state index in [1.54, 1.807) is 0 Å². The average Bonchev–Trinajstić information content (AvgIpc) is 2.83. The Hall–Kier alpha value is 0.479. The molecule has 19 heavy (non-hydrogen) atoms. The summed E-state index contributed by atoms with van der Waals surface area (Å²) in [5.74, 6) is 3.76. The second-order valence-electron chi connectivity index (χ2n) is 7.06. The van der Waals surface area contributed by atoms with E-state index < -0.39 is 0 Å². The normalized spacial score (nSPS) is 39.9. The van der Waals surface area contributed by atoms with Crippen LogP contribution in [-0.2, 0) is 4.74 Å². The first-order valence-electron chi connectivity index (χ1n) is 8.35. The van der Waals surface area contributed by atoms with Crippen LogP contribution in [0.4, 0.5) is 0 Å². The van der Waals surface area contributed by atoms with Crippen LogP contribution in [0.15, 0.2) is 0 Å². The Bertz CT molecular complexity index is 266. The maximum absolute atomic E-state index is 5.86. The van der Waals surface area contributed by atoms with Crippen LogP contribution in [-0.4, -0.2) is 27.7 Å². The van der Waals surface area contributed by atoms with Gasteiger partial charge in [-0.15, -0.1) is 0 Å². The van der Waals surface area contributed by atoms with Crippen molar-refractivity contribution in [3.05, 3.63) is 0 Å². The average molecular weight is 331 g/mol. The van der Waals surface area contributed by atoms with Crippen LogP contribution in [0.2, 0.25) is 10.1 Å². The standard InChI is InChI=1S/C17H32OSe/c1-5-16-14(8-9-18-16)11-19-17-10-13(4)6-7-15(17)12(2)3/h12-17H,5-11H2,1-4H3/t13-,14-,15+,16+,17+/m1/s1. The van der Waals surface area contributed by atoms with Crippen LogP contribution in [0.3, 0.4) is 0 Å². The predicted molar refractivity (Wildman–Crippen MR) is 83.8 cm³/mol. The first kappa shape index (κ1) is 15.9. The van der Waals surface area contributed by atoms with Crippen molar-refractivity contribution in [2.45, 2.75) is 76.0 Å². The molecule has 0 aromatic rings. The van der Waals surface area contributed by atoms with Gasteiger partial charge in [-0.25, -0.2) is 0 Å². The minimum absolute atomic E-state index is 0.584. The molecular weight excluding hydrogens is 299 g/mol. The molecule has 0 bridgehead atoms. The van der Waals surface area contributed by atoms with Crippen LogP contribution in [0.5, 0.6) is 0 Å². The molecule has 1 saturated carbocycles. The van der Waals surface area contributed by atoms with Gasteiger partial charge < -0.3 is 0 Å². The quantitative estimate of drug-likeness (QED) is 0.657. The first-order chi connectivity index (χ1) is 9.11. The molecule has 112 valence electrons. The van der Waals surface area contributed by atoms with Crippen LogP contribution < -0.4 is 0 Å². The number of ether oxygens (including phenoxy) is 1. The van der Waals surface area contributed by atoms with Crippen LogP contribution in [0.25, 0.3) is 0 Å². The number of hydrogen-bond acceptors (Lipinski definition) is 1. The molecule has 2 fully saturated rings. The molecule has 1 nitrogen and oxygen atoms in total. The van der Waals surface area contributed by atoms with Gasteiger partial charge in [0.2, 0.25) is 0 Å². The van der Waals surface area contributed by atoms with Gasteiger partial charge in [0, 0.05) is 0 Å². The van der Waals surface area contributed by atoms with E-state index in [4.69, 9.17) is 4.74 Å². The summed E-state index contributed by atoms with van der Waals surface area (Å²) >= 11 is 0.843. The fourth-order valence-electron chi connectivity index (χ4n) is 3.89. The fraction of sp³-hybridized carbons (Fsp3) is 1.00. The van der Waals surface area contributed by atoms with E-state index in [2.05, 4.69) is 27.7 Å². The molecule has 0 spiro atoms. The van der Waals surface area contributed by atoms with Crippen LogP contribution in [0.1, 0.15) is 59.8 Å². The summed E-state index contributed by atoms with van der Waals surface area (Å²) in [4.78, 5) is 1.05. The Balaban J connectivity index is 1.85. The van der Waals surface area contributed by atoms with E-state index >= 15 is 0 Å². The monoisotopic (exact) mass is 332 g/mol. The second-order valence-corrected chi connectivity index (χ2v) is 9.73. The Morgan fingerprint density at radius 1 is 1.21 bits per heavy atom. The third kappa shape index (κ3) is 4.22. The Morgan fingerprint density at radius 3 is 2.68 bits per heavy atom. The van der Waals surface area contributed by atoms with E-state index in [1.807, 2.05) is 0 Å². The van der Waals surface area contributed by atoms with Crippen molar-refractivity contribution in [1.82, 2.24) is 0 Å². The fourth-order valence-corrected chi connectivity index (χ4v) is 8.16. The molecule has 0 aromatic heterocycles. The summed E-state index contributed by atoms with van der Waals surface area (Å²) in [5.41, 5.74) is 0. The summed E-state index contributed by atoms with van der Waals surface area (Å²) in [7, 11) is 0. The van der Waals surface area contributed by atoms with Crippen LogP contribution in [0, 0.1) is 23.7 Å². The molecule has 5 atom stereocenters. The van der Waals surface area contributed by atoms with E-state index in [9.17, 15) is 0 Å². The molecule has 2 aliphatic rings. The predicted octanol–water partition coefficient (Wildman–Crippen LogP) is 4.80. The zero-order chi connectivity index (χ0) is 13.8. The van der Waals surface area contributed by atoms with E-state index in [0.29, 0.717) is 6.10 Å². The van der Waals surface area contributed by atoms with Gasteiger partial charge in [0.15, 0.2) is 0 Å². The molecule has 0 aromatic carbocycles. The van der Waals surface area contributed by atoms with Gasteiger partial charge in [0.05, 0.1) is 0 Å². The Morgan fingerprint density at radius 2 is 2.00 bits per heavy atom. The number of hydrogen-bond donors (Lipinski definition) is 0. The SMILES string of the molecule is CC[C@@H]1OCC[C@@H]1C[Se][C@H]1C[C@H](C)CC[C@H]1C(C)C. The number of rotatable bonds is 5. The minimum atomic E-state index is 0.584. The van der Waals surface area contributed by atoms with Crippen LogP contribution >= 0.6 is 0 Å². The van der Waals surface area contributed by atoms with E-state index in [0.717, 1.165) is 50.1 Å². The molecule has 0 N–H and O–H groups in total. The summed E-state index contributed by atoms with van der Waals surface area (Å²) in [5, 5.41) is 1.48. The molecule has 2 rings (SSSR count).